The van der Waals surface area contributed by atoms with Gasteiger partial charge in [0.15, 0.2) is 0 Å². The van der Waals surface area contributed by atoms with E-state index in [1.807, 2.05) is 0 Å². The van der Waals surface area contributed by atoms with Crippen molar-refractivity contribution in [1.29, 1.82) is 0 Å². The van der Waals surface area contributed by atoms with Gasteiger partial charge in [-0.05, 0) is 6.92 Å². The molecule has 1 rings (SSSR count). The van der Waals surface area contributed by atoms with Crippen LogP contribution in [0.1, 0.15) is 12.6 Å². The van der Waals surface area contributed by atoms with E-state index in [0.717, 1.165) is 0 Å². The molecule has 0 atom stereocenters. The van der Waals surface area contributed by atoms with Crippen LogP contribution in [0, 0.1) is 0 Å². The van der Waals surface area contributed by atoms with Gasteiger partial charge < -0.3 is 9.63 Å². The van der Waals surface area contributed by atoms with E-state index in [1.165, 1.54) is 18.4 Å². The minimum absolute atomic E-state index is 0.152. The summed E-state index contributed by atoms with van der Waals surface area (Å²) in [6.45, 7) is 1.64. The fourth-order valence-electron chi connectivity index (χ4n) is 0.732. The normalized spacial score (nSPS) is 11.5. The number of hydrogen-bond acceptors (Lipinski definition) is 3. The number of allylic oxidation sites excluding steroid dienone is 1. The third-order valence-corrected chi connectivity index (χ3v) is 1.23. The van der Waals surface area contributed by atoms with E-state index >= 15 is 0 Å². The third-order valence-electron chi connectivity index (χ3n) is 1.23. The topological polar surface area (TPSA) is 63.3 Å². The number of aromatic nitrogens is 1. The average Bonchev–Trinajstić information content (AvgIpc) is 2.40. The van der Waals surface area contributed by atoms with Gasteiger partial charge in [-0.25, -0.2) is 4.79 Å². The molecule has 1 aromatic heterocycles. The Morgan fingerprint density at radius 1 is 1.82 bits per heavy atom. The van der Waals surface area contributed by atoms with Crippen LogP contribution >= 0.6 is 0 Å². The second-order valence-corrected chi connectivity index (χ2v) is 1.89. The van der Waals surface area contributed by atoms with Crippen LogP contribution in [0.25, 0.3) is 5.57 Å². The van der Waals surface area contributed by atoms with E-state index in [4.69, 9.17) is 5.11 Å². The maximum absolute atomic E-state index is 10.5. The zero-order valence-corrected chi connectivity index (χ0v) is 5.94. The summed E-state index contributed by atoms with van der Waals surface area (Å²) >= 11 is 0. The number of hydrogen-bond donors (Lipinski definition) is 1. The summed E-state index contributed by atoms with van der Waals surface area (Å²) in [6, 6.07) is 1.50. The van der Waals surface area contributed by atoms with Crippen molar-refractivity contribution < 1.29 is 14.4 Å². The molecule has 0 aliphatic rings. The van der Waals surface area contributed by atoms with Crippen molar-refractivity contribution in [3.8, 4) is 0 Å². The number of carbonyl (C=O) groups is 1. The smallest absolute Gasteiger partial charge is 0.337 e. The van der Waals surface area contributed by atoms with E-state index < -0.39 is 5.97 Å². The Labute approximate surface area is 63.1 Å². The number of carboxylic acids is 1. The summed E-state index contributed by atoms with van der Waals surface area (Å²) in [5, 5.41) is 12.1. The fourth-order valence-corrected chi connectivity index (χ4v) is 0.732. The van der Waals surface area contributed by atoms with E-state index in [2.05, 4.69) is 9.68 Å². The van der Waals surface area contributed by atoms with Crippen LogP contribution < -0.4 is 0 Å². The van der Waals surface area contributed by atoms with Gasteiger partial charge in [0.05, 0.1) is 5.57 Å². The molecular formula is C7H7NO3. The van der Waals surface area contributed by atoms with Crippen molar-refractivity contribution in [2.24, 2.45) is 0 Å². The van der Waals surface area contributed by atoms with E-state index in [-0.39, 0.29) is 5.57 Å². The van der Waals surface area contributed by atoms with E-state index in [9.17, 15) is 4.79 Å². The predicted molar refractivity (Wildman–Crippen MR) is 37.8 cm³/mol. The molecule has 0 saturated carbocycles. The summed E-state index contributed by atoms with van der Waals surface area (Å²) < 4.78 is 4.49. The Morgan fingerprint density at radius 2 is 2.55 bits per heavy atom. The van der Waals surface area contributed by atoms with Gasteiger partial charge in [-0.2, -0.15) is 0 Å². The lowest BCUT2D eigenvalue weighted by molar-refractivity contribution is -0.130. The molecule has 0 aliphatic carbocycles. The van der Waals surface area contributed by atoms with Crippen molar-refractivity contribution in [3.05, 3.63) is 24.1 Å². The summed E-state index contributed by atoms with van der Waals surface area (Å²) in [6.07, 6.45) is 2.81. The Hall–Kier alpha value is -1.58. The minimum Gasteiger partial charge on any atom is -0.478 e. The molecule has 58 valence electrons. The lowest BCUT2D eigenvalue weighted by Gasteiger charge is -1.92. The molecule has 0 aromatic carbocycles. The Bertz CT molecular complexity index is 274. The summed E-state index contributed by atoms with van der Waals surface area (Å²) in [5.41, 5.74) is 0.499. The second kappa shape index (κ2) is 3.01. The quantitative estimate of drug-likeness (QED) is 0.647. The summed E-state index contributed by atoms with van der Waals surface area (Å²) in [4.78, 5) is 10.5. The molecule has 4 heteroatoms. The van der Waals surface area contributed by atoms with Crippen molar-refractivity contribution in [3.63, 3.8) is 0 Å². The third kappa shape index (κ3) is 1.46. The van der Waals surface area contributed by atoms with Gasteiger partial charge in [0.25, 0.3) is 0 Å². The number of nitrogens with zero attached hydrogens (tertiary/aromatic N) is 1. The van der Waals surface area contributed by atoms with Gasteiger partial charge in [-0.1, -0.05) is 11.2 Å². The molecule has 4 nitrogen and oxygen atoms in total. The van der Waals surface area contributed by atoms with Crippen LogP contribution in [0.5, 0.6) is 0 Å². The first-order valence-electron chi connectivity index (χ1n) is 3.06. The van der Waals surface area contributed by atoms with Crippen LogP contribution in [-0.2, 0) is 4.79 Å². The number of aliphatic carboxylic acids is 1. The van der Waals surface area contributed by atoms with Gasteiger partial charge in [-0.15, -0.1) is 0 Å². The molecule has 0 aliphatic heterocycles. The van der Waals surface area contributed by atoms with Crippen LogP contribution in [0.3, 0.4) is 0 Å². The predicted octanol–water partition coefficient (Wildman–Crippen LogP) is 1.16. The molecule has 0 amide bonds. The highest BCUT2D eigenvalue weighted by Gasteiger charge is 2.10. The van der Waals surface area contributed by atoms with Crippen LogP contribution in [0.2, 0.25) is 0 Å². The largest absolute Gasteiger partial charge is 0.478 e. The molecular weight excluding hydrogens is 146 g/mol. The Morgan fingerprint density at radius 3 is 2.91 bits per heavy atom. The van der Waals surface area contributed by atoms with Gasteiger partial charge in [0.1, 0.15) is 12.0 Å². The minimum atomic E-state index is -0.999. The Balaban J connectivity index is 2.99. The van der Waals surface area contributed by atoms with Crippen molar-refractivity contribution >= 4 is 11.5 Å². The first-order valence-corrected chi connectivity index (χ1v) is 3.06. The molecule has 1 N–H and O–H groups in total. The maximum atomic E-state index is 10.5. The first kappa shape index (κ1) is 7.53. The van der Waals surface area contributed by atoms with E-state index in [1.54, 1.807) is 6.92 Å². The molecule has 0 spiro atoms. The van der Waals surface area contributed by atoms with Gasteiger partial charge >= 0.3 is 5.97 Å². The highest BCUT2D eigenvalue weighted by molar-refractivity contribution is 6.14. The highest BCUT2D eigenvalue weighted by Crippen LogP contribution is 2.10. The van der Waals surface area contributed by atoms with Gasteiger partial charge in [0, 0.05) is 6.07 Å². The number of rotatable bonds is 2. The monoisotopic (exact) mass is 153 g/mol. The van der Waals surface area contributed by atoms with Crippen LogP contribution in [0.15, 0.2) is 22.9 Å². The zero-order valence-electron chi connectivity index (χ0n) is 5.94. The first-order chi connectivity index (χ1) is 5.25. The summed E-state index contributed by atoms with van der Waals surface area (Å²) in [7, 11) is 0. The molecule has 0 saturated heterocycles. The fraction of sp³-hybridized carbons (Fsp3) is 0.143. The van der Waals surface area contributed by atoms with Gasteiger partial charge in [-0.3, -0.25) is 0 Å². The highest BCUT2D eigenvalue weighted by atomic mass is 16.5. The van der Waals surface area contributed by atoms with Crippen LogP contribution in [-0.4, -0.2) is 16.2 Å². The molecule has 1 heterocycles. The lowest BCUT2D eigenvalue weighted by atomic mass is 10.2. The van der Waals surface area contributed by atoms with Crippen molar-refractivity contribution in [1.82, 2.24) is 5.16 Å². The molecule has 0 radical (unpaired) electrons. The lowest BCUT2D eigenvalue weighted by Crippen LogP contribution is -1.98. The molecule has 0 fully saturated rings. The average molecular weight is 153 g/mol. The standard InChI is InChI=1S/C7H7NO3/c1-2-5(7(9)10)6-3-4-11-8-6/h2-4H,1H3,(H,9,10)/b5-2+. The SMILES string of the molecule is C/C=C(/C(=O)O)c1ccon1. The molecule has 1 aromatic rings. The molecule has 0 bridgehead atoms. The second-order valence-electron chi connectivity index (χ2n) is 1.89. The van der Waals surface area contributed by atoms with Crippen molar-refractivity contribution in [2.75, 3.05) is 0 Å². The van der Waals surface area contributed by atoms with Crippen molar-refractivity contribution in [2.45, 2.75) is 6.92 Å². The Kier molecular flexibility index (Phi) is 2.06. The number of carboxylic acid groups (broad SMARTS) is 1. The van der Waals surface area contributed by atoms with E-state index in [0.29, 0.717) is 5.69 Å². The summed E-state index contributed by atoms with van der Waals surface area (Å²) in [5.74, 6) is -0.999. The van der Waals surface area contributed by atoms with Gasteiger partial charge in [0.2, 0.25) is 0 Å². The van der Waals surface area contributed by atoms with Crippen LogP contribution in [0.4, 0.5) is 0 Å². The molecule has 0 unspecified atom stereocenters. The zero-order chi connectivity index (χ0) is 8.27. The molecule has 11 heavy (non-hydrogen) atoms. The maximum Gasteiger partial charge on any atom is 0.337 e.